The van der Waals surface area contributed by atoms with Gasteiger partial charge in [0.05, 0.1) is 18.2 Å². The second-order valence-electron chi connectivity index (χ2n) is 5.48. The molecule has 1 aliphatic heterocycles. The molecule has 0 fully saturated rings. The Kier molecular flexibility index (Phi) is 3.70. The van der Waals surface area contributed by atoms with Crippen LogP contribution in [0.1, 0.15) is 18.0 Å². The van der Waals surface area contributed by atoms with Crippen LogP contribution in [0.5, 0.6) is 11.6 Å². The number of rotatable bonds is 2. The fraction of sp³-hybridized carbons (Fsp3) is 0.167. The highest BCUT2D eigenvalue weighted by molar-refractivity contribution is 5.78. The highest BCUT2D eigenvalue weighted by Crippen LogP contribution is 2.31. The first-order valence-electron chi connectivity index (χ1n) is 7.70. The zero-order chi connectivity index (χ0) is 16.4. The van der Waals surface area contributed by atoms with Crippen molar-refractivity contribution >= 4 is 17.0 Å². The molecule has 2 aromatic heterocycles. The first kappa shape index (κ1) is 14.4. The summed E-state index contributed by atoms with van der Waals surface area (Å²) in [7, 11) is 0. The number of fused-ring (bicyclic) bond motifs is 2. The summed E-state index contributed by atoms with van der Waals surface area (Å²) in [5.74, 6) is 1.05. The van der Waals surface area contributed by atoms with Crippen molar-refractivity contribution in [3.05, 3.63) is 60.4 Å². The maximum atomic E-state index is 12.2. The van der Waals surface area contributed by atoms with E-state index in [0.717, 1.165) is 22.2 Å². The Labute approximate surface area is 138 Å². The summed E-state index contributed by atoms with van der Waals surface area (Å²) in [5.41, 5.74) is 1.69. The largest absolute Gasteiger partial charge is 0.493 e. The SMILES string of the molecule is O=C(NC1CCOc2ccccc21)Oc1ccc2cnccc2n1. The van der Waals surface area contributed by atoms with Gasteiger partial charge in [-0.25, -0.2) is 9.78 Å². The van der Waals surface area contributed by atoms with E-state index in [1.54, 1.807) is 24.5 Å². The predicted molar refractivity (Wildman–Crippen MR) is 88.0 cm³/mol. The van der Waals surface area contributed by atoms with Gasteiger partial charge in [-0.2, -0.15) is 0 Å². The van der Waals surface area contributed by atoms with Gasteiger partial charge in [0.1, 0.15) is 5.75 Å². The standard InChI is InChI=1S/C18H15N3O3/c22-18(21-15-8-10-23-16-4-2-1-3-13(15)16)24-17-6-5-12-11-19-9-7-14(12)20-17/h1-7,9,11,15H,8,10H2,(H,21,22). The third kappa shape index (κ3) is 2.86. The van der Waals surface area contributed by atoms with Gasteiger partial charge in [-0.15, -0.1) is 0 Å². The van der Waals surface area contributed by atoms with Crippen LogP contribution < -0.4 is 14.8 Å². The lowest BCUT2D eigenvalue weighted by Crippen LogP contribution is -2.34. The fourth-order valence-corrected chi connectivity index (χ4v) is 2.76. The molecule has 0 aliphatic carbocycles. The van der Waals surface area contributed by atoms with Crippen LogP contribution in [0.15, 0.2) is 54.9 Å². The molecule has 24 heavy (non-hydrogen) atoms. The van der Waals surface area contributed by atoms with E-state index >= 15 is 0 Å². The van der Waals surface area contributed by atoms with E-state index in [-0.39, 0.29) is 11.9 Å². The second kappa shape index (κ2) is 6.16. The molecule has 4 rings (SSSR count). The normalized spacial score (nSPS) is 16.1. The smallest absolute Gasteiger partial charge is 0.414 e. The molecule has 1 N–H and O–H groups in total. The number of hydrogen-bond donors (Lipinski definition) is 1. The summed E-state index contributed by atoms with van der Waals surface area (Å²) in [5, 5.41) is 3.77. The van der Waals surface area contributed by atoms with Crippen molar-refractivity contribution in [2.24, 2.45) is 0 Å². The molecule has 1 unspecified atom stereocenters. The number of nitrogens with zero attached hydrogens (tertiary/aromatic N) is 2. The zero-order valence-corrected chi connectivity index (χ0v) is 12.8. The minimum atomic E-state index is -0.530. The van der Waals surface area contributed by atoms with Crippen molar-refractivity contribution in [1.29, 1.82) is 0 Å². The van der Waals surface area contributed by atoms with Crippen molar-refractivity contribution in [1.82, 2.24) is 15.3 Å². The lowest BCUT2D eigenvalue weighted by Gasteiger charge is -2.26. The molecule has 1 aromatic carbocycles. The van der Waals surface area contributed by atoms with Crippen LogP contribution in [0.3, 0.4) is 0 Å². The maximum Gasteiger partial charge on any atom is 0.414 e. The Balaban J connectivity index is 1.48. The van der Waals surface area contributed by atoms with Gasteiger partial charge >= 0.3 is 6.09 Å². The first-order valence-corrected chi connectivity index (χ1v) is 7.70. The highest BCUT2D eigenvalue weighted by atomic mass is 16.6. The summed E-state index contributed by atoms with van der Waals surface area (Å²) in [6.45, 7) is 0.559. The van der Waals surface area contributed by atoms with Crippen LogP contribution in [0.2, 0.25) is 0 Å². The first-order chi connectivity index (χ1) is 11.8. The Hall–Kier alpha value is -3.15. The van der Waals surface area contributed by atoms with Gasteiger partial charge in [0.25, 0.3) is 0 Å². The van der Waals surface area contributed by atoms with Crippen molar-refractivity contribution < 1.29 is 14.3 Å². The zero-order valence-electron chi connectivity index (χ0n) is 12.8. The molecule has 1 aliphatic rings. The van der Waals surface area contributed by atoms with Crippen LogP contribution in [-0.4, -0.2) is 22.7 Å². The Morgan fingerprint density at radius 2 is 2.12 bits per heavy atom. The molecule has 6 heteroatoms. The second-order valence-corrected chi connectivity index (χ2v) is 5.48. The number of ether oxygens (including phenoxy) is 2. The Morgan fingerprint density at radius 1 is 1.21 bits per heavy atom. The van der Waals surface area contributed by atoms with Crippen molar-refractivity contribution in [3.8, 4) is 11.6 Å². The van der Waals surface area contributed by atoms with Crippen LogP contribution in [-0.2, 0) is 0 Å². The number of amides is 1. The number of benzene rings is 1. The van der Waals surface area contributed by atoms with E-state index in [0.29, 0.717) is 13.0 Å². The summed E-state index contributed by atoms with van der Waals surface area (Å²) in [4.78, 5) is 20.5. The van der Waals surface area contributed by atoms with E-state index < -0.39 is 6.09 Å². The van der Waals surface area contributed by atoms with E-state index in [2.05, 4.69) is 15.3 Å². The Morgan fingerprint density at radius 3 is 3.08 bits per heavy atom. The molecular weight excluding hydrogens is 306 g/mol. The molecule has 3 aromatic rings. The van der Waals surface area contributed by atoms with E-state index in [9.17, 15) is 4.79 Å². The van der Waals surface area contributed by atoms with Crippen molar-refractivity contribution in [2.75, 3.05) is 6.61 Å². The monoisotopic (exact) mass is 321 g/mol. The molecule has 0 spiro atoms. The number of para-hydroxylation sites is 1. The molecule has 0 bridgehead atoms. The molecule has 6 nitrogen and oxygen atoms in total. The molecule has 1 amide bonds. The van der Waals surface area contributed by atoms with E-state index in [1.165, 1.54) is 0 Å². The van der Waals surface area contributed by atoms with Crippen LogP contribution in [0.4, 0.5) is 4.79 Å². The van der Waals surface area contributed by atoms with Crippen LogP contribution >= 0.6 is 0 Å². The Bertz CT molecular complexity index is 897. The van der Waals surface area contributed by atoms with Gasteiger partial charge in [0, 0.05) is 35.8 Å². The topological polar surface area (TPSA) is 73.3 Å². The van der Waals surface area contributed by atoms with Crippen molar-refractivity contribution in [3.63, 3.8) is 0 Å². The third-order valence-electron chi connectivity index (χ3n) is 3.91. The molecular formula is C18H15N3O3. The van der Waals surface area contributed by atoms with Gasteiger partial charge in [-0.05, 0) is 18.2 Å². The van der Waals surface area contributed by atoms with Gasteiger partial charge in [0.15, 0.2) is 0 Å². The summed E-state index contributed by atoms with van der Waals surface area (Å²) >= 11 is 0. The van der Waals surface area contributed by atoms with Gasteiger partial charge in [-0.3, -0.25) is 4.98 Å². The third-order valence-corrected chi connectivity index (χ3v) is 3.91. The number of carbonyl (C=O) groups is 1. The molecule has 1 atom stereocenters. The molecule has 3 heterocycles. The quantitative estimate of drug-likeness (QED) is 0.784. The molecule has 120 valence electrons. The summed E-state index contributed by atoms with van der Waals surface area (Å²) in [6, 6.07) is 12.8. The summed E-state index contributed by atoms with van der Waals surface area (Å²) in [6.07, 6.45) is 3.53. The minimum Gasteiger partial charge on any atom is -0.493 e. The maximum absolute atomic E-state index is 12.2. The molecule has 0 radical (unpaired) electrons. The number of pyridine rings is 2. The lowest BCUT2D eigenvalue weighted by atomic mass is 10.0. The van der Waals surface area contributed by atoms with Gasteiger partial charge < -0.3 is 14.8 Å². The van der Waals surface area contributed by atoms with E-state index in [1.807, 2.05) is 30.3 Å². The van der Waals surface area contributed by atoms with Crippen LogP contribution in [0, 0.1) is 0 Å². The lowest BCUT2D eigenvalue weighted by molar-refractivity contribution is 0.186. The van der Waals surface area contributed by atoms with Crippen molar-refractivity contribution in [2.45, 2.75) is 12.5 Å². The number of nitrogens with one attached hydrogen (secondary N) is 1. The number of aromatic nitrogens is 2. The molecule has 0 saturated carbocycles. The number of hydrogen-bond acceptors (Lipinski definition) is 5. The van der Waals surface area contributed by atoms with Gasteiger partial charge in [-0.1, -0.05) is 18.2 Å². The predicted octanol–water partition coefficient (Wildman–Crippen LogP) is 3.24. The summed E-state index contributed by atoms with van der Waals surface area (Å²) < 4.78 is 10.9. The van der Waals surface area contributed by atoms with Crippen LogP contribution in [0.25, 0.3) is 10.9 Å². The minimum absolute atomic E-state index is 0.132. The highest BCUT2D eigenvalue weighted by Gasteiger charge is 2.23. The molecule has 0 saturated heterocycles. The van der Waals surface area contributed by atoms with E-state index in [4.69, 9.17) is 9.47 Å². The van der Waals surface area contributed by atoms with Gasteiger partial charge in [0.2, 0.25) is 5.88 Å². The fourth-order valence-electron chi connectivity index (χ4n) is 2.76. The average molecular weight is 321 g/mol. The average Bonchev–Trinajstić information content (AvgIpc) is 2.62. The number of carbonyl (C=O) groups excluding carboxylic acids is 1.